The highest BCUT2D eigenvalue weighted by Crippen LogP contribution is 2.37. The zero-order valence-electron chi connectivity index (χ0n) is 10.3. The van der Waals surface area contributed by atoms with Gasteiger partial charge in [-0.3, -0.25) is 4.90 Å². The molecule has 2 N–H and O–H groups in total. The average molecular weight is 335 g/mol. The van der Waals surface area contributed by atoms with Gasteiger partial charge in [-0.05, 0) is 41.2 Å². The van der Waals surface area contributed by atoms with Crippen LogP contribution in [-0.4, -0.2) is 35.0 Å². The quantitative estimate of drug-likeness (QED) is 0.919. The first-order valence-corrected chi connectivity index (χ1v) is 8.50. The number of nitrogens with zero attached hydrogens (tertiary/aromatic N) is 1. The molecule has 17 heavy (non-hydrogen) atoms. The average Bonchev–Trinajstić information content (AvgIpc) is 2.65. The third kappa shape index (κ3) is 3.26. The van der Waals surface area contributed by atoms with Crippen LogP contribution in [0.1, 0.15) is 24.8 Å². The molecule has 1 atom stereocenters. The number of thioether (sulfide) groups is 1. The van der Waals surface area contributed by atoms with E-state index in [0.29, 0.717) is 17.3 Å². The third-order valence-electron chi connectivity index (χ3n) is 3.07. The molecule has 1 aliphatic heterocycles. The molecule has 0 amide bonds. The molecule has 1 aromatic rings. The van der Waals surface area contributed by atoms with E-state index in [0.717, 1.165) is 13.1 Å². The van der Waals surface area contributed by atoms with Crippen LogP contribution in [0.2, 0.25) is 0 Å². The largest absolute Gasteiger partial charge is 0.329 e. The number of hydrogen-bond donors (Lipinski definition) is 1. The first-order valence-electron chi connectivity index (χ1n) is 5.84. The molecule has 2 nitrogen and oxygen atoms in total. The Labute approximate surface area is 120 Å². The van der Waals surface area contributed by atoms with E-state index in [1.165, 1.54) is 15.1 Å². The number of nitrogens with two attached hydrogens (primary N) is 1. The van der Waals surface area contributed by atoms with Gasteiger partial charge in [-0.1, -0.05) is 0 Å². The molecule has 96 valence electrons. The fourth-order valence-corrected chi connectivity index (χ4v) is 5.21. The normalized spacial score (nSPS) is 22.6. The lowest BCUT2D eigenvalue weighted by molar-refractivity contribution is 0.194. The Morgan fingerprint density at radius 3 is 2.88 bits per heavy atom. The van der Waals surface area contributed by atoms with Gasteiger partial charge < -0.3 is 5.73 Å². The molecule has 0 aromatic carbocycles. The smallest absolute Gasteiger partial charge is 0.0576 e. The second-order valence-corrected chi connectivity index (χ2v) is 8.57. The van der Waals surface area contributed by atoms with Crippen LogP contribution in [0, 0.1) is 0 Å². The topological polar surface area (TPSA) is 29.3 Å². The van der Waals surface area contributed by atoms with Crippen molar-refractivity contribution < 1.29 is 0 Å². The summed E-state index contributed by atoms with van der Waals surface area (Å²) < 4.78 is 1.55. The summed E-state index contributed by atoms with van der Waals surface area (Å²) in [6.07, 6.45) is 0. The van der Waals surface area contributed by atoms with E-state index < -0.39 is 0 Å². The van der Waals surface area contributed by atoms with Crippen LogP contribution in [0.25, 0.3) is 0 Å². The lowest BCUT2D eigenvalue weighted by Gasteiger charge is -2.41. The molecule has 1 aliphatic rings. The zero-order valence-corrected chi connectivity index (χ0v) is 13.5. The summed E-state index contributed by atoms with van der Waals surface area (Å²) in [5.41, 5.74) is 5.99. The summed E-state index contributed by atoms with van der Waals surface area (Å²) in [6.45, 7) is 7.59. The second-order valence-electron chi connectivity index (χ2n) is 4.96. The van der Waals surface area contributed by atoms with Gasteiger partial charge in [0.15, 0.2) is 0 Å². The van der Waals surface area contributed by atoms with E-state index in [4.69, 9.17) is 5.73 Å². The van der Waals surface area contributed by atoms with E-state index in [1.807, 2.05) is 0 Å². The molecule has 0 saturated carbocycles. The van der Waals surface area contributed by atoms with Crippen molar-refractivity contribution >= 4 is 39.0 Å². The molecule has 0 aliphatic carbocycles. The standard InChI is InChI=1S/C12H19BrN2S2/c1-12(2)8-15(4-6-17-12)10(7-14)11-9(13)3-5-16-11/h3,5,10H,4,6-8,14H2,1-2H3. The van der Waals surface area contributed by atoms with Gasteiger partial charge in [0, 0.05) is 39.5 Å². The summed E-state index contributed by atoms with van der Waals surface area (Å²) in [5, 5.41) is 2.13. The van der Waals surface area contributed by atoms with Crippen LogP contribution in [0.4, 0.5) is 0 Å². The number of hydrogen-bond acceptors (Lipinski definition) is 4. The lowest BCUT2D eigenvalue weighted by Crippen LogP contribution is -2.46. The maximum atomic E-state index is 5.99. The Morgan fingerprint density at radius 1 is 1.59 bits per heavy atom. The van der Waals surface area contributed by atoms with Crippen molar-refractivity contribution in [3.63, 3.8) is 0 Å². The molecule has 2 heterocycles. The SMILES string of the molecule is CC1(C)CN(C(CN)c2sccc2Br)CCS1. The molecular weight excluding hydrogens is 316 g/mol. The molecule has 1 aromatic heterocycles. The Bertz CT molecular complexity index is 378. The van der Waals surface area contributed by atoms with E-state index in [2.05, 4.69) is 57.9 Å². The summed E-state index contributed by atoms with van der Waals surface area (Å²) in [4.78, 5) is 3.91. The van der Waals surface area contributed by atoms with Crippen molar-refractivity contribution in [1.29, 1.82) is 0 Å². The van der Waals surface area contributed by atoms with Crippen molar-refractivity contribution in [1.82, 2.24) is 4.90 Å². The van der Waals surface area contributed by atoms with E-state index in [9.17, 15) is 0 Å². The molecule has 0 bridgehead atoms. The minimum atomic E-state index is 0.343. The molecule has 0 spiro atoms. The lowest BCUT2D eigenvalue weighted by atomic mass is 10.1. The highest BCUT2D eigenvalue weighted by atomic mass is 79.9. The van der Waals surface area contributed by atoms with Crippen LogP contribution < -0.4 is 5.73 Å². The van der Waals surface area contributed by atoms with E-state index >= 15 is 0 Å². The van der Waals surface area contributed by atoms with Gasteiger partial charge >= 0.3 is 0 Å². The van der Waals surface area contributed by atoms with Gasteiger partial charge in [-0.2, -0.15) is 11.8 Å². The van der Waals surface area contributed by atoms with Gasteiger partial charge in [-0.15, -0.1) is 11.3 Å². The fourth-order valence-electron chi connectivity index (χ4n) is 2.28. The summed E-state index contributed by atoms with van der Waals surface area (Å²) in [7, 11) is 0. The number of rotatable bonds is 3. The number of thiophene rings is 1. The van der Waals surface area contributed by atoms with Crippen molar-refractivity contribution in [2.45, 2.75) is 24.6 Å². The van der Waals surface area contributed by atoms with Crippen LogP contribution in [0.5, 0.6) is 0 Å². The Hall–Kier alpha value is 0.450. The van der Waals surface area contributed by atoms with Crippen LogP contribution in [0.15, 0.2) is 15.9 Å². The molecular formula is C12H19BrN2S2. The van der Waals surface area contributed by atoms with E-state index in [-0.39, 0.29) is 0 Å². The molecule has 1 unspecified atom stereocenters. The predicted octanol–water partition coefficient (Wildman–Crippen LogP) is 3.34. The molecule has 1 fully saturated rings. The Balaban J connectivity index is 2.16. The minimum absolute atomic E-state index is 0.343. The molecule has 0 radical (unpaired) electrons. The monoisotopic (exact) mass is 334 g/mol. The summed E-state index contributed by atoms with van der Waals surface area (Å²) in [5.74, 6) is 1.20. The Morgan fingerprint density at radius 2 is 2.35 bits per heavy atom. The maximum absolute atomic E-state index is 5.99. The van der Waals surface area contributed by atoms with Gasteiger partial charge in [0.05, 0.1) is 6.04 Å². The van der Waals surface area contributed by atoms with E-state index in [1.54, 1.807) is 11.3 Å². The summed E-state index contributed by atoms with van der Waals surface area (Å²) in [6, 6.07) is 2.48. The van der Waals surface area contributed by atoms with Gasteiger partial charge in [-0.25, -0.2) is 0 Å². The fraction of sp³-hybridized carbons (Fsp3) is 0.667. The van der Waals surface area contributed by atoms with Crippen molar-refractivity contribution in [3.8, 4) is 0 Å². The van der Waals surface area contributed by atoms with Crippen LogP contribution in [-0.2, 0) is 0 Å². The Kier molecular flexibility index (Phi) is 4.58. The molecule has 1 saturated heterocycles. The third-order valence-corrected chi connectivity index (χ3v) is 6.34. The summed E-state index contributed by atoms with van der Waals surface area (Å²) >= 11 is 7.49. The van der Waals surface area contributed by atoms with Crippen molar-refractivity contribution in [2.75, 3.05) is 25.4 Å². The van der Waals surface area contributed by atoms with Crippen LogP contribution in [0.3, 0.4) is 0 Å². The minimum Gasteiger partial charge on any atom is -0.329 e. The molecule has 5 heteroatoms. The van der Waals surface area contributed by atoms with Crippen LogP contribution >= 0.6 is 39.0 Å². The number of halogens is 1. The van der Waals surface area contributed by atoms with Gasteiger partial charge in [0.2, 0.25) is 0 Å². The van der Waals surface area contributed by atoms with Crippen molar-refractivity contribution in [2.24, 2.45) is 5.73 Å². The first kappa shape index (κ1) is 13.9. The molecule has 2 rings (SSSR count). The highest BCUT2D eigenvalue weighted by Gasteiger charge is 2.32. The highest BCUT2D eigenvalue weighted by molar-refractivity contribution is 9.10. The van der Waals surface area contributed by atoms with Crippen molar-refractivity contribution in [3.05, 3.63) is 20.8 Å². The first-order chi connectivity index (χ1) is 8.03. The predicted molar refractivity (Wildman–Crippen MR) is 81.9 cm³/mol. The zero-order chi connectivity index (χ0) is 12.5. The van der Waals surface area contributed by atoms with Gasteiger partial charge in [0.1, 0.15) is 0 Å². The van der Waals surface area contributed by atoms with Gasteiger partial charge in [0.25, 0.3) is 0 Å². The maximum Gasteiger partial charge on any atom is 0.0576 e. The second kappa shape index (κ2) is 5.61.